The molecule has 0 aromatic heterocycles. The van der Waals surface area contributed by atoms with Crippen molar-refractivity contribution in [2.24, 2.45) is 0 Å². The summed E-state index contributed by atoms with van der Waals surface area (Å²) in [5.41, 5.74) is 7.49. The number of hydrogen-bond donors (Lipinski definition) is 2. The van der Waals surface area contributed by atoms with Gasteiger partial charge in [0.1, 0.15) is 5.75 Å². The Kier molecular flexibility index (Phi) is 6.83. The van der Waals surface area contributed by atoms with E-state index in [2.05, 4.69) is 5.32 Å². The number of rotatable bonds is 8. The van der Waals surface area contributed by atoms with Gasteiger partial charge in [-0.2, -0.15) is 0 Å². The van der Waals surface area contributed by atoms with Crippen LogP contribution in [0.25, 0.3) is 0 Å². The van der Waals surface area contributed by atoms with Crippen LogP contribution >= 0.6 is 0 Å². The Morgan fingerprint density at radius 3 is 2.75 bits per heavy atom. The first kappa shape index (κ1) is 16.3. The molecule has 0 aliphatic heterocycles. The second kappa shape index (κ2) is 8.39. The van der Waals surface area contributed by atoms with Gasteiger partial charge in [0.25, 0.3) is 0 Å². The second-order valence-electron chi connectivity index (χ2n) is 4.59. The highest BCUT2D eigenvalue weighted by molar-refractivity contribution is 5.77. The molecule has 0 aliphatic rings. The first-order valence-electron chi connectivity index (χ1n) is 6.43. The van der Waals surface area contributed by atoms with Crippen LogP contribution in [0.3, 0.4) is 0 Å². The van der Waals surface area contributed by atoms with Crippen molar-refractivity contribution in [2.45, 2.75) is 6.54 Å². The summed E-state index contributed by atoms with van der Waals surface area (Å²) in [6.07, 6.45) is 0. The van der Waals surface area contributed by atoms with Crippen molar-refractivity contribution in [2.75, 3.05) is 46.7 Å². The van der Waals surface area contributed by atoms with Crippen LogP contribution in [0.1, 0.15) is 5.56 Å². The summed E-state index contributed by atoms with van der Waals surface area (Å²) in [5, 5.41) is 2.78. The number of carbonyl (C=O) groups excluding carboxylic acids is 1. The predicted molar refractivity (Wildman–Crippen MR) is 78.6 cm³/mol. The van der Waals surface area contributed by atoms with Crippen LogP contribution in [-0.4, -0.2) is 51.8 Å². The fraction of sp³-hybridized carbons (Fsp3) is 0.500. The van der Waals surface area contributed by atoms with E-state index in [0.29, 0.717) is 37.7 Å². The Morgan fingerprint density at radius 1 is 1.40 bits per heavy atom. The Labute approximate surface area is 119 Å². The summed E-state index contributed by atoms with van der Waals surface area (Å²) in [7, 11) is 5.07. The van der Waals surface area contributed by atoms with E-state index >= 15 is 0 Å². The monoisotopic (exact) mass is 281 g/mol. The molecular weight excluding hydrogens is 258 g/mol. The maximum absolute atomic E-state index is 11.6. The number of nitrogens with zero attached hydrogens (tertiary/aromatic N) is 1. The van der Waals surface area contributed by atoms with Gasteiger partial charge >= 0.3 is 0 Å². The van der Waals surface area contributed by atoms with Crippen molar-refractivity contribution in [1.29, 1.82) is 0 Å². The summed E-state index contributed by atoms with van der Waals surface area (Å²) in [4.78, 5) is 13.6. The summed E-state index contributed by atoms with van der Waals surface area (Å²) < 4.78 is 9.98. The van der Waals surface area contributed by atoms with Crippen molar-refractivity contribution >= 4 is 11.6 Å². The number of benzene rings is 1. The van der Waals surface area contributed by atoms with E-state index < -0.39 is 0 Å². The molecule has 0 heterocycles. The molecule has 0 saturated carbocycles. The molecule has 0 aliphatic carbocycles. The standard InChI is InChI=1S/C14H23N3O3/c1-17(10-14(18)16-6-7-19-2)9-11-4-5-13(20-3)12(15)8-11/h4-5,8H,6-7,9-10,15H2,1-3H3,(H,16,18). The molecule has 0 bridgehead atoms. The number of nitrogens with two attached hydrogens (primary N) is 1. The molecule has 1 rings (SSSR count). The minimum absolute atomic E-state index is 0.0222. The summed E-state index contributed by atoms with van der Waals surface area (Å²) in [6.45, 7) is 2.02. The minimum Gasteiger partial charge on any atom is -0.495 e. The maximum atomic E-state index is 11.6. The van der Waals surface area contributed by atoms with Gasteiger partial charge in [0.05, 0.1) is 25.9 Å². The van der Waals surface area contributed by atoms with Gasteiger partial charge in [-0.3, -0.25) is 9.69 Å². The molecule has 20 heavy (non-hydrogen) atoms. The van der Waals surface area contributed by atoms with Crippen LogP contribution in [0, 0.1) is 0 Å². The van der Waals surface area contributed by atoms with E-state index in [-0.39, 0.29) is 5.91 Å². The number of carbonyl (C=O) groups is 1. The van der Waals surface area contributed by atoms with Gasteiger partial charge in [-0.25, -0.2) is 0 Å². The summed E-state index contributed by atoms with van der Waals surface area (Å²) >= 11 is 0. The van der Waals surface area contributed by atoms with Gasteiger partial charge in [0.2, 0.25) is 5.91 Å². The van der Waals surface area contributed by atoms with Crippen molar-refractivity contribution in [3.63, 3.8) is 0 Å². The Bertz CT molecular complexity index is 438. The third-order valence-electron chi connectivity index (χ3n) is 2.79. The Morgan fingerprint density at radius 2 is 2.15 bits per heavy atom. The normalized spacial score (nSPS) is 10.6. The van der Waals surface area contributed by atoms with Gasteiger partial charge < -0.3 is 20.5 Å². The predicted octanol–water partition coefficient (Wildman–Crippen LogP) is 0.472. The smallest absolute Gasteiger partial charge is 0.234 e. The van der Waals surface area contributed by atoms with Gasteiger partial charge in [0.15, 0.2) is 0 Å². The van der Waals surface area contributed by atoms with Gasteiger partial charge in [-0.05, 0) is 24.7 Å². The number of anilines is 1. The van der Waals surface area contributed by atoms with Crippen LogP contribution in [0.2, 0.25) is 0 Å². The van der Waals surface area contributed by atoms with Crippen molar-refractivity contribution < 1.29 is 14.3 Å². The van der Waals surface area contributed by atoms with Crippen LogP contribution in [-0.2, 0) is 16.1 Å². The molecule has 0 unspecified atom stereocenters. The van der Waals surface area contributed by atoms with E-state index in [4.69, 9.17) is 15.2 Å². The third kappa shape index (κ3) is 5.46. The van der Waals surface area contributed by atoms with E-state index in [1.54, 1.807) is 14.2 Å². The van der Waals surface area contributed by atoms with Gasteiger partial charge in [0, 0.05) is 20.2 Å². The maximum Gasteiger partial charge on any atom is 0.234 e. The lowest BCUT2D eigenvalue weighted by atomic mass is 10.2. The lowest BCUT2D eigenvalue weighted by molar-refractivity contribution is -0.122. The molecule has 112 valence electrons. The molecule has 6 heteroatoms. The number of likely N-dealkylation sites (N-methyl/N-ethyl adjacent to an activating group) is 1. The average Bonchev–Trinajstić information content (AvgIpc) is 2.39. The lowest BCUT2D eigenvalue weighted by Crippen LogP contribution is -2.36. The van der Waals surface area contributed by atoms with Crippen LogP contribution in [0.5, 0.6) is 5.75 Å². The largest absolute Gasteiger partial charge is 0.495 e. The van der Waals surface area contributed by atoms with Crippen LogP contribution < -0.4 is 15.8 Å². The van der Waals surface area contributed by atoms with Crippen molar-refractivity contribution in [3.8, 4) is 5.75 Å². The van der Waals surface area contributed by atoms with Crippen molar-refractivity contribution in [1.82, 2.24) is 10.2 Å². The number of methoxy groups -OCH3 is 2. The fourth-order valence-corrected chi connectivity index (χ4v) is 1.84. The Balaban J connectivity index is 2.43. The summed E-state index contributed by atoms with van der Waals surface area (Å²) in [5.74, 6) is 0.639. The molecule has 0 spiro atoms. The second-order valence-corrected chi connectivity index (χ2v) is 4.59. The highest BCUT2D eigenvalue weighted by Crippen LogP contribution is 2.22. The number of hydrogen-bond acceptors (Lipinski definition) is 5. The molecule has 0 saturated heterocycles. The van der Waals surface area contributed by atoms with E-state index in [0.717, 1.165) is 5.56 Å². The first-order chi connectivity index (χ1) is 9.56. The zero-order valence-corrected chi connectivity index (χ0v) is 12.3. The number of amides is 1. The lowest BCUT2D eigenvalue weighted by Gasteiger charge is -2.17. The first-order valence-corrected chi connectivity index (χ1v) is 6.43. The highest BCUT2D eigenvalue weighted by Gasteiger charge is 2.08. The molecule has 3 N–H and O–H groups in total. The molecule has 6 nitrogen and oxygen atoms in total. The van der Waals surface area contributed by atoms with E-state index in [1.165, 1.54) is 0 Å². The van der Waals surface area contributed by atoms with E-state index in [9.17, 15) is 4.79 Å². The molecule has 1 aromatic carbocycles. The molecular formula is C14H23N3O3. The van der Waals surface area contributed by atoms with Crippen LogP contribution in [0.4, 0.5) is 5.69 Å². The van der Waals surface area contributed by atoms with Gasteiger partial charge in [-0.15, -0.1) is 0 Å². The van der Waals surface area contributed by atoms with Crippen LogP contribution in [0.15, 0.2) is 18.2 Å². The zero-order valence-electron chi connectivity index (χ0n) is 12.3. The number of nitrogen functional groups attached to an aromatic ring is 1. The number of ether oxygens (including phenoxy) is 2. The molecule has 0 fully saturated rings. The number of nitrogens with one attached hydrogen (secondary N) is 1. The molecule has 1 aromatic rings. The SMILES string of the molecule is COCCNC(=O)CN(C)Cc1ccc(OC)c(N)c1. The average molecular weight is 281 g/mol. The molecule has 0 atom stereocenters. The third-order valence-corrected chi connectivity index (χ3v) is 2.79. The van der Waals surface area contributed by atoms with Gasteiger partial charge in [-0.1, -0.05) is 6.07 Å². The summed E-state index contributed by atoms with van der Waals surface area (Å²) in [6, 6.07) is 5.63. The zero-order chi connectivity index (χ0) is 15.0. The quantitative estimate of drug-likeness (QED) is 0.535. The van der Waals surface area contributed by atoms with Crippen molar-refractivity contribution in [3.05, 3.63) is 23.8 Å². The molecule has 0 radical (unpaired) electrons. The highest BCUT2D eigenvalue weighted by atomic mass is 16.5. The molecule has 1 amide bonds. The Hall–Kier alpha value is -1.79. The topological polar surface area (TPSA) is 76.8 Å². The minimum atomic E-state index is -0.0222. The van der Waals surface area contributed by atoms with E-state index in [1.807, 2.05) is 30.1 Å². The fourth-order valence-electron chi connectivity index (χ4n) is 1.84.